The molecule has 0 amide bonds. The summed E-state index contributed by atoms with van der Waals surface area (Å²) < 4.78 is 5.40. The average Bonchev–Trinajstić information content (AvgIpc) is 2.16. The molecule has 1 aliphatic rings. The molecule has 0 spiro atoms. The van der Waals surface area contributed by atoms with E-state index >= 15 is 0 Å². The number of ether oxygens (including phenoxy) is 1. The highest BCUT2D eigenvalue weighted by Crippen LogP contribution is 2.15. The van der Waals surface area contributed by atoms with Crippen molar-refractivity contribution >= 4 is 11.6 Å². The van der Waals surface area contributed by atoms with E-state index in [0.29, 0.717) is 5.88 Å². The summed E-state index contributed by atoms with van der Waals surface area (Å²) >= 11 is 5.75. The van der Waals surface area contributed by atoms with Crippen molar-refractivity contribution < 1.29 is 4.74 Å². The summed E-state index contributed by atoms with van der Waals surface area (Å²) in [7, 11) is 0. The Kier molecular flexibility index (Phi) is 4.23. The molecule has 0 saturated heterocycles. The fourth-order valence-electron chi connectivity index (χ4n) is 1.20. The third kappa shape index (κ3) is 2.90. The lowest BCUT2D eigenvalue weighted by Crippen LogP contribution is -2.10. The molecular formula is C10H15ClO. The lowest BCUT2D eigenvalue weighted by atomic mass is 10.1. The minimum absolute atomic E-state index is 0.253. The van der Waals surface area contributed by atoms with Crippen molar-refractivity contribution in [2.45, 2.75) is 32.3 Å². The zero-order valence-electron chi connectivity index (χ0n) is 7.42. The normalized spacial score (nSPS) is 23.8. The predicted octanol–water partition coefficient (Wildman–Crippen LogP) is 3.25. The molecule has 2 heteroatoms. The predicted molar refractivity (Wildman–Crippen MR) is 52.3 cm³/mol. The van der Waals surface area contributed by atoms with Gasteiger partial charge in [-0.05, 0) is 31.4 Å². The zero-order chi connectivity index (χ0) is 8.81. The minimum Gasteiger partial charge on any atom is -0.494 e. The highest BCUT2D eigenvalue weighted by Gasteiger charge is 2.07. The molecule has 68 valence electrons. The molecule has 1 nitrogen and oxygen atoms in total. The van der Waals surface area contributed by atoms with Gasteiger partial charge in [0.2, 0.25) is 0 Å². The number of allylic oxidation sites excluding steroid dienone is 2. The Morgan fingerprint density at radius 3 is 3.08 bits per heavy atom. The van der Waals surface area contributed by atoms with E-state index in [1.165, 1.54) is 5.57 Å². The fourth-order valence-corrected chi connectivity index (χ4v) is 1.47. The van der Waals surface area contributed by atoms with Crippen LogP contribution in [0.1, 0.15) is 26.2 Å². The Morgan fingerprint density at radius 2 is 2.58 bits per heavy atom. The van der Waals surface area contributed by atoms with Crippen LogP contribution in [0.2, 0.25) is 0 Å². The molecule has 1 aliphatic heterocycles. The second-order valence-corrected chi connectivity index (χ2v) is 3.20. The second kappa shape index (κ2) is 5.26. The first-order chi connectivity index (χ1) is 5.86. The number of alkyl halides is 1. The van der Waals surface area contributed by atoms with Gasteiger partial charge in [-0.1, -0.05) is 12.5 Å². The molecule has 0 saturated carbocycles. The van der Waals surface area contributed by atoms with Crippen LogP contribution < -0.4 is 0 Å². The first-order valence-corrected chi connectivity index (χ1v) is 4.96. The van der Waals surface area contributed by atoms with Crippen LogP contribution in [0.5, 0.6) is 0 Å². The van der Waals surface area contributed by atoms with Gasteiger partial charge in [-0.3, -0.25) is 0 Å². The van der Waals surface area contributed by atoms with Crippen molar-refractivity contribution in [2.24, 2.45) is 0 Å². The molecular weight excluding hydrogens is 172 g/mol. The molecule has 0 radical (unpaired) electrons. The SMILES string of the molecule is CCC(=CC1CCC=CO1)CCl. The monoisotopic (exact) mass is 186 g/mol. The van der Waals surface area contributed by atoms with E-state index in [2.05, 4.69) is 19.1 Å². The summed E-state index contributed by atoms with van der Waals surface area (Å²) in [5, 5.41) is 0. The second-order valence-electron chi connectivity index (χ2n) is 2.94. The Bertz CT molecular complexity index is 178. The molecule has 1 unspecified atom stereocenters. The van der Waals surface area contributed by atoms with E-state index in [9.17, 15) is 0 Å². The largest absolute Gasteiger partial charge is 0.494 e. The molecule has 1 atom stereocenters. The Labute approximate surface area is 79.1 Å². The molecule has 0 aromatic carbocycles. The summed E-state index contributed by atoms with van der Waals surface area (Å²) in [4.78, 5) is 0. The smallest absolute Gasteiger partial charge is 0.117 e. The van der Waals surface area contributed by atoms with Gasteiger partial charge in [0.05, 0.1) is 6.26 Å². The molecule has 0 aromatic heterocycles. The summed E-state index contributed by atoms with van der Waals surface area (Å²) in [6.45, 7) is 2.12. The van der Waals surface area contributed by atoms with E-state index in [1.54, 1.807) is 6.26 Å². The maximum absolute atomic E-state index is 5.75. The van der Waals surface area contributed by atoms with Crippen LogP contribution in [0, 0.1) is 0 Å². The zero-order valence-corrected chi connectivity index (χ0v) is 8.18. The minimum atomic E-state index is 0.253. The Morgan fingerprint density at radius 1 is 1.75 bits per heavy atom. The third-order valence-electron chi connectivity index (χ3n) is 2.01. The van der Waals surface area contributed by atoms with Gasteiger partial charge in [0.1, 0.15) is 6.10 Å². The molecule has 0 aromatic rings. The van der Waals surface area contributed by atoms with Gasteiger partial charge >= 0.3 is 0 Å². The van der Waals surface area contributed by atoms with Crippen LogP contribution >= 0.6 is 11.6 Å². The highest BCUT2D eigenvalue weighted by molar-refractivity contribution is 6.19. The van der Waals surface area contributed by atoms with E-state index in [1.807, 2.05) is 0 Å². The molecule has 0 N–H and O–H groups in total. The highest BCUT2D eigenvalue weighted by atomic mass is 35.5. The van der Waals surface area contributed by atoms with Gasteiger partial charge in [0.25, 0.3) is 0 Å². The van der Waals surface area contributed by atoms with Crippen LogP contribution in [0.4, 0.5) is 0 Å². The number of hydrogen-bond donors (Lipinski definition) is 0. The molecule has 0 fully saturated rings. The van der Waals surface area contributed by atoms with E-state index in [4.69, 9.17) is 16.3 Å². The number of halogens is 1. The average molecular weight is 187 g/mol. The molecule has 0 aliphatic carbocycles. The van der Waals surface area contributed by atoms with E-state index in [-0.39, 0.29) is 6.10 Å². The van der Waals surface area contributed by atoms with Gasteiger partial charge in [-0.15, -0.1) is 11.6 Å². The van der Waals surface area contributed by atoms with Crippen molar-refractivity contribution in [3.63, 3.8) is 0 Å². The van der Waals surface area contributed by atoms with Crippen molar-refractivity contribution in [1.29, 1.82) is 0 Å². The summed E-state index contributed by atoms with van der Waals surface area (Å²) in [5.74, 6) is 0.625. The fraction of sp³-hybridized carbons (Fsp3) is 0.600. The molecule has 1 rings (SSSR count). The van der Waals surface area contributed by atoms with Gasteiger partial charge in [-0.25, -0.2) is 0 Å². The van der Waals surface area contributed by atoms with Crippen LogP contribution in [-0.4, -0.2) is 12.0 Å². The van der Waals surface area contributed by atoms with E-state index < -0.39 is 0 Å². The van der Waals surface area contributed by atoms with Gasteiger partial charge in [-0.2, -0.15) is 0 Å². The van der Waals surface area contributed by atoms with Gasteiger partial charge in [0.15, 0.2) is 0 Å². The van der Waals surface area contributed by atoms with Crippen molar-refractivity contribution in [1.82, 2.24) is 0 Å². The molecule has 1 heterocycles. The standard InChI is InChI=1S/C10H15ClO/c1-2-9(8-11)7-10-5-3-4-6-12-10/h4,6-7,10H,2-3,5,8H2,1H3. The first-order valence-electron chi connectivity index (χ1n) is 4.42. The van der Waals surface area contributed by atoms with Crippen LogP contribution in [0.15, 0.2) is 24.0 Å². The van der Waals surface area contributed by atoms with Gasteiger partial charge in [0, 0.05) is 5.88 Å². The van der Waals surface area contributed by atoms with Crippen LogP contribution in [-0.2, 0) is 4.74 Å². The van der Waals surface area contributed by atoms with Crippen LogP contribution in [0.3, 0.4) is 0 Å². The lowest BCUT2D eigenvalue weighted by molar-refractivity contribution is 0.164. The maximum Gasteiger partial charge on any atom is 0.117 e. The Hall–Kier alpha value is -0.430. The Balaban J connectivity index is 2.46. The summed E-state index contributed by atoms with van der Waals surface area (Å²) in [5.41, 5.74) is 1.27. The summed E-state index contributed by atoms with van der Waals surface area (Å²) in [6.07, 6.45) is 9.45. The van der Waals surface area contributed by atoms with Crippen molar-refractivity contribution in [2.75, 3.05) is 5.88 Å². The third-order valence-corrected chi connectivity index (χ3v) is 2.36. The van der Waals surface area contributed by atoms with Gasteiger partial charge < -0.3 is 4.74 Å². The first kappa shape index (κ1) is 9.66. The molecule has 12 heavy (non-hydrogen) atoms. The van der Waals surface area contributed by atoms with Crippen molar-refractivity contribution in [3.05, 3.63) is 24.0 Å². The van der Waals surface area contributed by atoms with Crippen molar-refractivity contribution in [3.8, 4) is 0 Å². The lowest BCUT2D eigenvalue weighted by Gasteiger charge is -2.16. The van der Waals surface area contributed by atoms with Crippen LogP contribution in [0.25, 0.3) is 0 Å². The molecule has 0 bridgehead atoms. The number of hydrogen-bond acceptors (Lipinski definition) is 1. The summed E-state index contributed by atoms with van der Waals surface area (Å²) in [6, 6.07) is 0. The van der Waals surface area contributed by atoms with E-state index in [0.717, 1.165) is 19.3 Å². The quantitative estimate of drug-likeness (QED) is 0.486. The maximum atomic E-state index is 5.75. The number of rotatable bonds is 3. The topological polar surface area (TPSA) is 9.23 Å².